The Labute approximate surface area is 114 Å². The summed E-state index contributed by atoms with van der Waals surface area (Å²) in [4.78, 5) is 14.1. The Morgan fingerprint density at radius 3 is 2.42 bits per heavy atom. The van der Waals surface area contributed by atoms with Gasteiger partial charge in [0.2, 0.25) is 0 Å². The predicted octanol–water partition coefficient (Wildman–Crippen LogP) is 1.51. The maximum absolute atomic E-state index is 12.0. The van der Waals surface area contributed by atoms with E-state index in [1.54, 1.807) is 0 Å². The molecule has 19 heavy (non-hydrogen) atoms. The van der Waals surface area contributed by atoms with Crippen LogP contribution in [0.5, 0.6) is 0 Å². The third-order valence-electron chi connectivity index (χ3n) is 3.29. The number of benzene rings is 1. The van der Waals surface area contributed by atoms with Crippen molar-refractivity contribution in [2.24, 2.45) is 5.41 Å². The summed E-state index contributed by atoms with van der Waals surface area (Å²) < 4.78 is 5.17. The number of nitrogens with zero attached hydrogens (tertiary/aromatic N) is 1. The van der Waals surface area contributed by atoms with Crippen molar-refractivity contribution in [2.75, 3.05) is 33.9 Å². The van der Waals surface area contributed by atoms with E-state index in [4.69, 9.17) is 4.74 Å². The van der Waals surface area contributed by atoms with Crippen LogP contribution in [0, 0.1) is 5.41 Å². The van der Waals surface area contributed by atoms with Gasteiger partial charge in [-0.1, -0.05) is 19.1 Å². The average Bonchev–Trinajstić information content (AvgIpc) is 2.34. The first-order chi connectivity index (χ1) is 8.98. The van der Waals surface area contributed by atoms with E-state index < -0.39 is 0 Å². The zero-order valence-corrected chi connectivity index (χ0v) is 11.9. The highest BCUT2D eigenvalue weighted by Gasteiger charge is 2.33. The van der Waals surface area contributed by atoms with E-state index in [0.717, 1.165) is 19.8 Å². The second kappa shape index (κ2) is 5.72. The van der Waals surface area contributed by atoms with Crippen LogP contribution >= 0.6 is 0 Å². The minimum absolute atomic E-state index is 0.00970. The van der Waals surface area contributed by atoms with Gasteiger partial charge in [0.25, 0.3) is 5.91 Å². The van der Waals surface area contributed by atoms with E-state index in [1.807, 2.05) is 38.4 Å². The largest absolute Gasteiger partial charge is 0.380 e. The first-order valence-electron chi connectivity index (χ1n) is 6.58. The minimum Gasteiger partial charge on any atom is -0.380 e. The summed E-state index contributed by atoms with van der Waals surface area (Å²) in [6, 6.07) is 7.77. The molecular weight excluding hydrogens is 240 g/mol. The Hall–Kier alpha value is -1.39. The molecule has 4 nitrogen and oxygen atoms in total. The average molecular weight is 262 g/mol. The number of hydrogen-bond donors (Lipinski definition) is 1. The third-order valence-corrected chi connectivity index (χ3v) is 3.29. The molecule has 1 amide bonds. The lowest BCUT2D eigenvalue weighted by Gasteiger charge is -2.38. The van der Waals surface area contributed by atoms with Gasteiger partial charge in [-0.15, -0.1) is 0 Å². The van der Waals surface area contributed by atoms with Crippen molar-refractivity contribution < 1.29 is 9.53 Å². The zero-order valence-electron chi connectivity index (χ0n) is 11.9. The van der Waals surface area contributed by atoms with E-state index in [9.17, 15) is 4.79 Å². The van der Waals surface area contributed by atoms with Crippen LogP contribution in [-0.4, -0.2) is 44.7 Å². The summed E-state index contributed by atoms with van der Waals surface area (Å²) in [6.45, 7) is 5.14. The fourth-order valence-corrected chi connectivity index (χ4v) is 2.07. The van der Waals surface area contributed by atoms with Crippen molar-refractivity contribution >= 4 is 5.91 Å². The number of hydrogen-bond acceptors (Lipinski definition) is 3. The Balaban J connectivity index is 1.88. The smallest absolute Gasteiger partial charge is 0.251 e. The summed E-state index contributed by atoms with van der Waals surface area (Å²) >= 11 is 0. The van der Waals surface area contributed by atoms with Gasteiger partial charge in [0, 0.05) is 24.1 Å². The molecule has 1 aliphatic heterocycles. The summed E-state index contributed by atoms with van der Waals surface area (Å²) in [5.41, 5.74) is 2.04. The Kier molecular flexibility index (Phi) is 4.22. The van der Waals surface area contributed by atoms with Gasteiger partial charge in [-0.25, -0.2) is 0 Å². The molecule has 2 rings (SSSR count). The molecule has 1 aliphatic rings. The van der Waals surface area contributed by atoms with Gasteiger partial charge in [-0.05, 0) is 31.8 Å². The molecule has 1 N–H and O–H groups in total. The third kappa shape index (κ3) is 3.78. The van der Waals surface area contributed by atoms with Gasteiger partial charge in [-0.3, -0.25) is 4.79 Å². The van der Waals surface area contributed by atoms with Gasteiger partial charge in [0.15, 0.2) is 0 Å². The maximum atomic E-state index is 12.0. The van der Waals surface area contributed by atoms with Crippen LogP contribution in [0.3, 0.4) is 0 Å². The fraction of sp³-hybridized carbons (Fsp3) is 0.533. The van der Waals surface area contributed by atoms with Crippen molar-refractivity contribution in [3.63, 3.8) is 0 Å². The minimum atomic E-state index is -0.00970. The molecular formula is C15H22N2O2. The molecule has 0 aromatic heterocycles. The van der Waals surface area contributed by atoms with Crippen LogP contribution in [0.4, 0.5) is 0 Å². The van der Waals surface area contributed by atoms with Crippen LogP contribution in [0.1, 0.15) is 22.8 Å². The normalized spacial score (nSPS) is 17.1. The van der Waals surface area contributed by atoms with E-state index >= 15 is 0 Å². The highest BCUT2D eigenvalue weighted by molar-refractivity contribution is 5.94. The summed E-state index contributed by atoms with van der Waals surface area (Å²) in [5.74, 6) is -0.00970. The highest BCUT2D eigenvalue weighted by Crippen LogP contribution is 2.25. The number of carbonyl (C=O) groups is 1. The van der Waals surface area contributed by atoms with Crippen molar-refractivity contribution in [3.05, 3.63) is 35.4 Å². The number of rotatable bonds is 5. The lowest BCUT2D eigenvalue weighted by molar-refractivity contribution is -0.0978. The monoisotopic (exact) mass is 262 g/mol. The van der Waals surface area contributed by atoms with Gasteiger partial charge in [0.1, 0.15) is 0 Å². The maximum Gasteiger partial charge on any atom is 0.251 e. The van der Waals surface area contributed by atoms with Gasteiger partial charge >= 0.3 is 0 Å². The topological polar surface area (TPSA) is 41.6 Å². The molecule has 1 aromatic rings. The molecule has 1 saturated heterocycles. The van der Waals surface area contributed by atoms with Crippen LogP contribution < -0.4 is 5.32 Å². The summed E-state index contributed by atoms with van der Waals surface area (Å²) in [6.07, 6.45) is 0. The summed E-state index contributed by atoms with van der Waals surface area (Å²) in [5, 5.41) is 2.97. The van der Waals surface area contributed by atoms with E-state index in [-0.39, 0.29) is 11.3 Å². The quantitative estimate of drug-likeness (QED) is 0.874. The molecule has 0 bridgehead atoms. The first-order valence-corrected chi connectivity index (χ1v) is 6.58. The number of carbonyl (C=O) groups excluding carboxylic acids is 1. The molecule has 0 aliphatic carbocycles. The molecule has 1 heterocycles. The first kappa shape index (κ1) is 14.0. The van der Waals surface area contributed by atoms with Crippen LogP contribution in [0.2, 0.25) is 0 Å². The summed E-state index contributed by atoms with van der Waals surface area (Å²) in [7, 11) is 4.06. The van der Waals surface area contributed by atoms with E-state index in [2.05, 4.69) is 17.1 Å². The van der Waals surface area contributed by atoms with Crippen LogP contribution in [0.25, 0.3) is 0 Å². The molecule has 0 spiro atoms. The molecule has 1 aromatic carbocycles. The highest BCUT2D eigenvalue weighted by atomic mass is 16.5. The second-order valence-corrected chi connectivity index (χ2v) is 5.92. The Morgan fingerprint density at radius 2 is 1.95 bits per heavy atom. The Bertz CT molecular complexity index is 436. The standard InChI is InChI=1S/C15H22N2O2/c1-15(10-19-11-15)9-16-14(18)13-6-4-12(5-7-13)8-17(2)3/h4-7H,8-11H2,1-3H3,(H,16,18). The molecule has 0 saturated carbocycles. The SMILES string of the molecule is CN(C)Cc1ccc(C(=O)NCC2(C)COC2)cc1. The van der Waals surface area contributed by atoms with Crippen molar-refractivity contribution in [1.82, 2.24) is 10.2 Å². The molecule has 0 unspecified atom stereocenters. The van der Waals surface area contributed by atoms with Crippen LogP contribution in [-0.2, 0) is 11.3 Å². The van der Waals surface area contributed by atoms with Crippen molar-refractivity contribution in [3.8, 4) is 0 Å². The molecule has 104 valence electrons. The predicted molar refractivity (Wildman–Crippen MR) is 75.1 cm³/mol. The van der Waals surface area contributed by atoms with Gasteiger partial charge < -0.3 is 15.0 Å². The molecule has 1 fully saturated rings. The molecule has 0 radical (unpaired) electrons. The van der Waals surface area contributed by atoms with Gasteiger partial charge in [0.05, 0.1) is 13.2 Å². The zero-order chi connectivity index (χ0) is 13.9. The van der Waals surface area contributed by atoms with Crippen LogP contribution in [0.15, 0.2) is 24.3 Å². The van der Waals surface area contributed by atoms with Crippen molar-refractivity contribution in [2.45, 2.75) is 13.5 Å². The number of ether oxygens (including phenoxy) is 1. The van der Waals surface area contributed by atoms with E-state index in [0.29, 0.717) is 12.1 Å². The van der Waals surface area contributed by atoms with E-state index in [1.165, 1.54) is 5.56 Å². The lowest BCUT2D eigenvalue weighted by atomic mass is 9.88. The second-order valence-electron chi connectivity index (χ2n) is 5.92. The molecule has 0 atom stereocenters. The van der Waals surface area contributed by atoms with Crippen molar-refractivity contribution in [1.29, 1.82) is 0 Å². The fourth-order valence-electron chi connectivity index (χ4n) is 2.07. The molecule has 4 heteroatoms. The van der Waals surface area contributed by atoms with Gasteiger partial charge in [-0.2, -0.15) is 0 Å². The lowest BCUT2D eigenvalue weighted by Crippen LogP contribution is -2.48. The Morgan fingerprint density at radius 1 is 1.32 bits per heavy atom. The number of nitrogens with one attached hydrogen (secondary N) is 1. The number of amides is 1.